The lowest BCUT2D eigenvalue weighted by Gasteiger charge is -2.19. The van der Waals surface area contributed by atoms with Crippen LogP contribution in [0.5, 0.6) is 0 Å². The maximum Gasteiger partial charge on any atom is 0.239 e. The molecule has 1 saturated carbocycles. The molecular weight excluding hydrogens is 356 g/mol. The fourth-order valence-electron chi connectivity index (χ4n) is 3.72. The highest BCUT2D eigenvalue weighted by Crippen LogP contribution is 2.31. The lowest BCUT2D eigenvalue weighted by molar-refractivity contribution is -0.115. The number of amides is 1. The smallest absolute Gasteiger partial charge is 0.239 e. The van der Waals surface area contributed by atoms with Gasteiger partial charge in [-0.2, -0.15) is 5.10 Å². The average Bonchev–Trinajstić information content (AvgIpc) is 3.45. The monoisotopic (exact) mass is 380 g/mol. The summed E-state index contributed by atoms with van der Waals surface area (Å²) in [7, 11) is 0. The van der Waals surface area contributed by atoms with Gasteiger partial charge in [0.15, 0.2) is 0 Å². The third-order valence-electron chi connectivity index (χ3n) is 5.04. The van der Waals surface area contributed by atoms with E-state index in [0.717, 1.165) is 24.2 Å². The van der Waals surface area contributed by atoms with Crippen LogP contribution < -0.4 is 10.6 Å². The maximum absolute atomic E-state index is 12.6. The van der Waals surface area contributed by atoms with E-state index in [0.29, 0.717) is 6.04 Å². The second kappa shape index (κ2) is 8.50. The maximum atomic E-state index is 12.6. The van der Waals surface area contributed by atoms with Gasteiger partial charge in [-0.1, -0.05) is 49.2 Å². The minimum absolute atomic E-state index is 0.0108. The molecule has 0 bridgehead atoms. The summed E-state index contributed by atoms with van der Waals surface area (Å²) in [5.41, 5.74) is 1.16. The van der Waals surface area contributed by atoms with Gasteiger partial charge in [0.1, 0.15) is 5.82 Å². The number of benzene rings is 1. The molecule has 1 fully saturated rings. The Labute approximate surface area is 163 Å². The van der Waals surface area contributed by atoms with Crippen molar-refractivity contribution in [2.75, 3.05) is 11.9 Å². The van der Waals surface area contributed by atoms with E-state index >= 15 is 0 Å². The van der Waals surface area contributed by atoms with Crippen LogP contribution in [-0.2, 0) is 4.79 Å². The highest BCUT2D eigenvalue weighted by atomic mass is 32.1. The molecule has 3 aromatic rings. The highest BCUT2D eigenvalue weighted by molar-refractivity contribution is 7.10. The molecule has 140 valence electrons. The summed E-state index contributed by atoms with van der Waals surface area (Å²) in [4.78, 5) is 13.8. The largest absolute Gasteiger partial charge is 0.310 e. The molecule has 0 unspecified atom stereocenters. The van der Waals surface area contributed by atoms with Gasteiger partial charge >= 0.3 is 0 Å². The number of anilines is 1. The molecule has 27 heavy (non-hydrogen) atoms. The number of aromatic nitrogens is 2. The van der Waals surface area contributed by atoms with E-state index in [2.05, 4.69) is 39.3 Å². The number of hydrogen-bond donors (Lipinski definition) is 2. The summed E-state index contributed by atoms with van der Waals surface area (Å²) < 4.78 is 1.97. The average molecular weight is 381 g/mol. The molecule has 4 rings (SSSR count). The Kier molecular flexibility index (Phi) is 5.65. The zero-order valence-corrected chi connectivity index (χ0v) is 16.0. The minimum atomic E-state index is -0.0489. The predicted octanol–water partition coefficient (Wildman–Crippen LogP) is 4.38. The molecule has 1 aliphatic rings. The van der Waals surface area contributed by atoms with Gasteiger partial charge in [-0.25, -0.2) is 4.68 Å². The van der Waals surface area contributed by atoms with Gasteiger partial charge in [-0.05, 0) is 29.9 Å². The molecule has 5 nitrogen and oxygen atoms in total. The molecule has 2 aromatic heterocycles. The third kappa shape index (κ3) is 4.28. The first-order valence-electron chi connectivity index (χ1n) is 9.46. The normalized spacial score (nSPS) is 15.7. The fourth-order valence-corrected chi connectivity index (χ4v) is 4.55. The molecule has 2 N–H and O–H groups in total. The first-order valence-corrected chi connectivity index (χ1v) is 10.3. The van der Waals surface area contributed by atoms with E-state index in [-0.39, 0.29) is 18.5 Å². The Hall–Kier alpha value is -2.44. The Balaban J connectivity index is 1.41. The van der Waals surface area contributed by atoms with E-state index in [1.807, 2.05) is 35.0 Å². The van der Waals surface area contributed by atoms with E-state index in [1.54, 1.807) is 17.5 Å². The van der Waals surface area contributed by atoms with Gasteiger partial charge in [-0.15, -0.1) is 11.3 Å². The van der Waals surface area contributed by atoms with Crippen molar-refractivity contribution in [1.29, 1.82) is 0 Å². The van der Waals surface area contributed by atoms with Crippen molar-refractivity contribution in [2.24, 2.45) is 0 Å². The number of nitrogens with one attached hydrogen (secondary N) is 2. The molecule has 0 aliphatic heterocycles. The topological polar surface area (TPSA) is 59.0 Å². The molecule has 6 heteroatoms. The van der Waals surface area contributed by atoms with Crippen LogP contribution in [0.15, 0.2) is 60.1 Å². The number of hydrogen-bond acceptors (Lipinski definition) is 4. The van der Waals surface area contributed by atoms with Crippen LogP contribution in [0.2, 0.25) is 0 Å². The van der Waals surface area contributed by atoms with Crippen LogP contribution in [0.25, 0.3) is 0 Å². The molecule has 0 saturated heterocycles. The lowest BCUT2D eigenvalue weighted by atomic mass is 10.1. The lowest BCUT2D eigenvalue weighted by Crippen LogP contribution is -2.32. The van der Waals surface area contributed by atoms with Crippen molar-refractivity contribution in [3.05, 3.63) is 70.5 Å². The van der Waals surface area contributed by atoms with Crippen LogP contribution in [0, 0.1) is 0 Å². The molecule has 1 amide bonds. The molecule has 2 heterocycles. The van der Waals surface area contributed by atoms with E-state index < -0.39 is 0 Å². The third-order valence-corrected chi connectivity index (χ3v) is 5.97. The van der Waals surface area contributed by atoms with Gasteiger partial charge in [0.2, 0.25) is 5.91 Å². The predicted molar refractivity (Wildman–Crippen MR) is 109 cm³/mol. The molecule has 0 spiro atoms. The van der Waals surface area contributed by atoms with Crippen molar-refractivity contribution < 1.29 is 4.79 Å². The van der Waals surface area contributed by atoms with E-state index in [1.165, 1.54) is 17.7 Å². The first kappa shape index (κ1) is 17.9. The summed E-state index contributed by atoms with van der Waals surface area (Å²) in [6.45, 7) is 0.243. The van der Waals surface area contributed by atoms with Gasteiger partial charge in [0, 0.05) is 10.9 Å². The number of nitrogens with zero attached hydrogens (tertiary/aromatic N) is 2. The molecule has 1 atom stereocenters. The highest BCUT2D eigenvalue weighted by Gasteiger charge is 2.21. The zero-order chi connectivity index (χ0) is 18.5. The summed E-state index contributed by atoms with van der Waals surface area (Å²) in [5.74, 6) is 0.744. The Morgan fingerprint density at radius 2 is 1.96 bits per heavy atom. The summed E-state index contributed by atoms with van der Waals surface area (Å²) in [5, 5.41) is 12.9. The molecule has 1 aliphatic carbocycles. The number of thiophene rings is 1. The minimum Gasteiger partial charge on any atom is -0.310 e. The standard InChI is InChI=1S/C21H24N4OS/c26-20(24-19-12-13-23-25(19)17-9-4-5-10-17)15-22-21(18-11-6-14-27-18)16-7-2-1-3-8-16/h1-3,6-8,11-14,17,21-22H,4-5,9-10,15H2,(H,24,26)/t21-/m1/s1. The molecular formula is C21H24N4OS. The van der Waals surface area contributed by atoms with Crippen LogP contribution in [0.1, 0.15) is 48.2 Å². The number of rotatable bonds is 7. The van der Waals surface area contributed by atoms with E-state index in [4.69, 9.17) is 0 Å². The van der Waals surface area contributed by atoms with Crippen molar-refractivity contribution in [2.45, 2.75) is 37.8 Å². The van der Waals surface area contributed by atoms with E-state index in [9.17, 15) is 4.79 Å². The number of carbonyl (C=O) groups excluding carboxylic acids is 1. The Morgan fingerprint density at radius 3 is 2.70 bits per heavy atom. The summed E-state index contributed by atoms with van der Waals surface area (Å²) >= 11 is 1.69. The second-order valence-corrected chi connectivity index (χ2v) is 7.87. The summed E-state index contributed by atoms with van der Waals surface area (Å²) in [6.07, 6.45) is 6.51. The van der Waals surface area contributed by atoms with Crippen molar-refractivity contribution in [1.82, 2.24) is 15.1 Å². The first-order chi connectivity index (χ1) is 13.3. The van der Waals surface area contributed by atoms with Crippen molar-refractivity contribution in [3.8, 4) is 0 Å². The summed E-state index contributed by atoms with van der Waals surface area (Å²) in [6, 6.07) is 16.7. The molecule has 0 radical (unpaired) electrons. The fraction of sp³-hybridized carbons (Fsp3) is 0.333. The van der Waals surface area contributed by atoms with Gasteiger partial charge < -0.3 is 5.32 Å². The van der Waals surface area contributed by atoms with Crippen molar-refractivity contribution in [3.63, 3.8) is 0 Å². The molecule has 1 aromatic carbocycles. The van der Waals surface area contributed by atoms with Crippen LogP contribution in [0.3, 0.4) is 0 Å². The Morgan fingerprint density at radius 1 is 1.15 bits per heavy atom. The Bertz CT molecular complexity index is 853. The van der Waals surface area contributed by atoms with Crippen LogP contribution in [0.4, 0.5) is 5.82 Å². The van der Waals surface area contributed by atoms with Gasteiger partial charge in [0.25, 0.3) is 0 Å². The SMILES string of the molecule is O=C(CN[C@H](c1ccccc1)c1cccs1)Nc1ccnn1C1CCCC1. The second-order valence-electron chi connectivity index (χ2n) is 6.89. The van der Waals surface area contributed by atoms with Crippen molar-refractivity contribution >= 4 is 23.1 Å². The quantitative estimate of drug-likeness (QED) is 0.640. The number of carbonyl (C=O) groups is 1. The van der Waals surface area contributed by atoms with Gasteiger partial charge in [-0.3, -0.25) is 10.1 Å². The zero-order valence-electron chi connectivity index (χ0n) is 15.2. The van der Waals surface area contributed by atoms with Gasteiger partial charge in [0.05, 0.1) is 24.8 Å². The van der Waals surface area contributed by atoms with Crippen LogP contribution in [-0.4, -0.2) is 22.2 Å². The van der Waals surface area contributed by atoms with Crippen LogP contribution >= 0.6 is 11.3 Å².